The molecule has 6 heteroatoms. The molecule has 0 fully saturated rings. The van der Waals surface area contributed by atoms with E-state index >= 15 is 0 Å². The molecule has 0 aromatic rings. The Morgan fingerprint density at radius 1 is 0.288 bits per heavy atom. The first-order valence-electron chi connectivity index (χ1n) is 31.4. The van der Waals surface area contributed by atoms with Crippen molar-refractivity contribution in [2.75, 3.05) is 13.2 Å². The summed E-state index contributed by atoms with van der Waals surface area (Å²) in [5, 5.41) is 0. The second-order valence-electron chi connectivity index (χ2n) is 20.9. The quantitative estimate of drug-likeness (QED) is 0.0261. The van der Waals surface area contributed by atoms with Gasteiger partial charge in [-0.1, -0.05) is 286 Å². The summed E-state index contributed by atoms with van der Waals surface area (Å²) in [6.07, 6.45) is 79.2. The third kappa shape index (κ3) is 59.6. The molecule has 0 aromatic carbocycles. The van der Waals surface area contributed by atoms with Crippen LogP contribution in [0.3, 0.4) is 0 Å². The van der Waals surface area contributed by atoms with E-state index in [1.807, 2.05) is 0 Å². The molecule has 0 heterocycles. The third-order valence-corrected chi connectivity index (χ3v) is 13.7. The number of ether oxygens (including phenoxy) is 3. The fraction of sp³-hybridized carbons (Fsp3) is 0.776. The molecule has 0 amide bonds. The standard InChI is InChI=1S/C67H118O6/c1-4-7-10-13-16-19-22-25-28-29-30-31-32-33-34-35-36-37-38-40-42-45-48-51-54-57-60-66(69)72-63-64(62-71-65(68)59-56-53-50-47-44-41-27-24-21-18-15-12-9-6-3)73-67(70)61-58-55-52-49-46-43-39-26-23-20-17-14-11-8-5-2/h8,11,15,17-18,20,24,26-27,39,46,49,64H,4-7,9-10,12-14,16,19,21-23,25,28-38,40-45,47-48,50-63H2,1-3H3/b11-8-,18-15-,20-17-,27-24-,39-26-,49-46-. The maximum Gasteiger partial charge on any atom is 0.306 e. The fourth-order valence-electron chi connectivity index (χ4n) is 8.98. The Hall–Kier alpha value is -3.15. The summed E-state index contributed by atoms with van der Waals surface area (Å²) in [5.41, 5.74) is 0. The van der Waals surface area contributed by atoms with Gasteiger partial charge in [0.1, 0.15) is 13.2 Å². The van der Waals surface area contributed by atoms with Crippen LogP contribution in [0.15, 0.2) is 72.9 Å². The van der Waals surface area contributed by atoms with Crippen molar-refractivity contribution < 1.29 is 28.6 Å². The van der Waals surface area contributed by atoms with E-state index in [-0.39, 0.29) is 37.5 Å². The summed E-state index contributed by atoms with van der Waals surface area (Å²) in [5.74, 6) is -0.939. The Morgan fingerprint density at radius 2 is 0.548 bits per heavy atom. The average molecular weight is 1020 g/mol. The molecule has 0 aliphatic heterocycles. The third-order valence-electron chi connectivity index (χ3n) is 13.7. The number of allylic oxidation sites excluding steroid dienone is 12. The highest BCUT2D eigenvalue weighted by atomic mass is 16.6. The minimum Gasteiger partial charge on any atom is -0.462 e. The van der Waals surface area contributed by atoms with Gasteiger partial charge in [0.2, 0.25) is 0 Å². The van der Waals surface area contributed by atoms with Crippen molar-refractivity contribution in [2.24, 2.45) is 0 Å². The van der Waals surface area contributed by atoms with Gasteiger partial charge in [0, 0.05) is 19.3 Å². The molecule has 0 spiro atoms. The number of hydrogen-bond acceptors (Lipinski definition) is 6. The maximum absolute atomic E-state index is 12.8. The van der Waals surface area contributed by atoms with Crippen molar-refractivity contribution in [3.63, 3.8) is 0 Å². The van der Waals surface area contributed by atoms with Crippen molar-refractivity contribution in [1.29, 1.82) is 0 Å². The van der Waals surface area contributed by atoms with Gasteiger partial charge in [-0.25, -0.2) is 0 Å². The van der Waals surface area contributed by atoms with Gasteiger partial charge in [-0.05, 0) is 83.5 Å². The summed E-state index contributed by atoms with van der Waals surface area (Å²) in [4.78, 5) is 38.2. The normalized spacial score (nSPS) is 12.5. The molecule has 422 valence electrons. The zero-order valence-electron chi connectivity index (χ0n) is 48.4. The predicted molar refractivity (Wildman–Crippen MR) is 316 cm³/mol. The van der Waals surface area contributed by atoms with Gasteiger partial charge in [-0.3, -0.25) is 14.4 Å². The van der Waals surface area contributed by atoms with Crippen molar-refractivity contribution >= 4 is 17.9 Å². The second kappa shape index (κ2) is 61.4. The van der Waals surface area contributed by atoms with E-state index in [1.54, 1.807) is 0 Å². The molecule has 73 heavy (non-hydrogen) atoms. The van der Waals surface area contributed by atoms with Crippen LogP contribution >= 0.6 is 0 Å². The molecule has 6 nitrogen and oxygen atoms in total. The van der Waals surface area contributed by atoms with E-state index in [2.05, 4.69) is 93.7 Å². The van der Waals surface area contributed by atoms with Gasteiger partial charge in [0.15, 0.2) is 6.10 Å². The van der Waals surface area contributed by atoms with Crippen molar-refractivity contribution in [3.05, 3.63) is 72.9 Å². The van der Waals surface area contributed by atoms with E-state index in [4.69, 9.17) is 14.2 Å². The Kier molecular flexibility index (Phi) is 58.7. The first kappa shape index (κ1) is 69.8. The molecule has 0 radical (unpaired) electrons. The van der Waals surface area contributed by atoms with Crippen LogP contribution < -0.4 is 0 Å². The minimum atomic E-state index is -0.802. The molecule has 1 atom stereocenters. The predicted octanol–water partition coefficient (Wildman–Crippen LogP) is 21.3. The lowest BCUT2D eigenvalue weighted by Gasteiger charge is -2.18. The summed E-state index contributed by atoms with van der Waals surface area (Å²) >= 11 is 0. The van der Waals surface area contributed by atoms with E-state index in [9.17, 15) is 14.4 Å². The molecule has 0 aliphatic carbocycles. The van der Waals surface area contributed by atoms with Crippen LogP contribution in [-0.2, 0) is 28.6 Å². The number of carbonyl (C=O) groups is 3. The molecular weight excluding hydrogens is 901 g/mol. The summed E-state index contributed by atoms with van der Waals surface area (Å²) in [6.45, 7) is 6.47. The molecular formula is C67H118O6. The van der Waals surface area contributed by atoms with Gasteiger partial charge >= 0.3 is 17.9 Å². The van der Waals surface area contributed by atoms with Gasteiger partial charge in [0.25, 0.3) is 0 Å². The van der Waals surface area contributed by atoms with Crippen LogP contribution in [0.5, 0.6) is 0 Å². The van der Waals surface area contributed by atoms with Crippen molar-refractivity contribution in [3.8, 4) is 0 Å². The Bertz CT molecular complexity index is 1360. The Labute approximate surface area is 453 Å². The molecule has 0 bridgehead atoms. The molecule has 0 saturated heterocycles. The SMILES string of the molecule is CC/C=C\C/C=C\C/C=C\C/C=C\CCCCC(=O)OC(COC(=O)CCCCCCC/C=C\C/C=C\CCCC)COC(=O)CCCCCCCCCCCCCCCCCCCCCCCCCCCC. The molecule has 0 rings (SSSR count). The second-order valence-corrected chi connectivity index (χ2v) is 20.9. The maximum atomic E-state index is 12.8. The highest BCUT2D eigenvalue weighted by molar-refractivity contribution is 5.71. The van der Waals surface area contributed by atoms with Gasteiger partial charge in [0.05, 0.1) is 0 Å². The molecule has 0 aliphatic rings. The van der Waals surface area contributed by atoms with E-state index in [0.29, 0.717) is 19.3 Å². The smallest absolute Gasteiger partial charge is 0.306 e. The molecule has 0 aromatic heterocycles. The van der Waals surface area contributed by atoms with E-state index in [1.165, 1.54) is 167 Å². The highest BCUT2D eigenvalue weighted by Crippen LogP contribution is 2.17. The largest absolute Gasteiger partial charge is 0.462 e. The van der Waals surface area contributed by atoms with Crippen LogP contribution in [0.25, 0.3) is 0 Å². The number of unbranched alkanes of at least 4 members (excludes halogenated alkanes) is 34. The zero-order valence-corrected chi connectivity index (χ0v) is 48.4. The number of hydrogen-bond donors (Lipinski definition) is 0. The van der Waals surface area contributed by atoms with E-state index in [0.717, 1.165) is 103 Å². The molecule has 0 N–H and O–H groups in total. The Balaban J connectivity index is 4.27. The van der Waals surface area contributed by atoms with Crippen LogP contribution in [0.1, 0.15) is 316 Å². The number of esters is 3. The number of rotatable bonds is 57. The summed E-state index contributed by atoms with van der Waals surface area (Å²) < 4.78 is 16.9. The summed E-state index contributed by atoms with van der Waals surface area (Å²) in [7, 11) is 0. The highest BCUT2D eigenvalue weighted by Gasteiger charge is 2.19. The lowest BCUT2D eigenvalue weighted by molar-refractivity contribution is -0.167. The lowest BCUT2D eigenvalue weighted by Crippen LogP contribution is -2.30. The van der Waals surface area contributed by atoms with Gasteiger partial charge < -0.3 is 14.2 Å². The molecule has 0 saturated carbocycles. The van der Waals surface area contributed by atoms with Gasteiger partial charge in [-0.15, -0.1) is 0 Å². The van der Waals surface area contributed by atoms with Crippen molar-refractivity contribution in [1.82, 2.24) is 0 Å². The number of carbonyl (C=O) groups excluding carboxylic acids is 3. The van der Waals surface area contributed by atoms with Crippen LogP contribution in [0.2, 0.25) is 0 Å². The van der Waals surface area contributed by atoms with Crippen molar-refractivity contribution in [2.45, 2.75) is 322 Å². The van der Waals surface area contributed by atoms with E-state index < -0.39 is 6.10 Å². The monoisotopic (exact) mass is 1020 g/mol. The first-order chi connectivity index (χ1) is 36.0. The fourth-order valence-corrected chi connectivity index (χ4v) is 8.98. The topological polar surface area (TPSA) is 78.9 Å². The van der Waals surface area contributed by atoms with Gasteiger partial charge in [-0.2, -0.15) is 0 Å². The van der Waals surface area contributed by atoms with Crippen LogP contribution in [0.4, 0.5) is 0 Å². The van der Waals surface area contributed by atoms with Crippen LogP contribution in [-0.4, -0.2) is 37.2 Å². The average Bonchev–Trinajstić information content (AvgIpc) is 3.39. The van der Waals surface area contributed by atoms with Crippen LogP contribution in [0, 0.1) is 0 Å². The Morgan fingerprint density at radius 3 is 0.904 bits per heavy atom. The minimum absolute atomic E-state index is 0.0944. The molecule has 1 unspecified atom stereocenters. The lowest BCUT2D eigenvalue weighted by atomic mass is 10.0. The first-order valence-corrected chi connectivity index (χ1v) is 31.4. The zero-order chi connectivity index (χ0) is 52.9. The summed E-state index contributed by atoms with van der Waals surface area (Å²) in [6, 6.07) is 0.